The smallest absolute Gasteiger partial charge is 0.354 e. The van der Waals surface area contributed by atoms with Crippen LogP contribution in [0.1, 0.15) is 38.3 Å². The summed E-state index contributed by atoms with van der Waals surface area (Å²) in [4.78, 5) is 28.3. The molecule has 7 nitrogen and oxygen atoms in total. The predicted octanol–water partition coefficient (Wildman–Crippen LogP) is 6.79. The molecule has 0 bridgehead atoms. The summed E-state index contributed by atoms with van der Waals surface area (Å²) in [5, 5.41) is 2.79. The number of carbonyl (C=O) groups is 2. The number of hydrogen-bond donors (Lipinski definition) is 1. The van der Waals surface area contributed by atoms with Gasteiger partial charge in [-0.2, -0.15) is 13.2 Å². The summed E-state index contributed by atoms with van der Waals surface area (Å²) in [5.74, 6) is -1.20. The van der Waals surface area contributed by atoms with Crippen LogP contribution in [0.2, 0.25) is 10.0 Å². The second-order valence-corrected chi connectivity index (χ2v) is 12.8. The molecule has 13 heteroatoms. The topological polar surface area (TPSA) is 86.8 Å². The Labute approximate surface area is 259 Å². The van der Waals surface area contributed by atoms with E-state index in [9.17, 15) is 31.2 Å². The Bertz CT molecular complexity index is 1540. The maximum Gasteiger partial charge on any atom is 0.416 e. The highest BCUT2D eigenvalue weighted by Gasteiger charge is 2.37. The van der Waals surface area contributed by atoms with Crippen LogP contribution < -0.4 is 9.62 Å². The maximum atomic E-state index is 14.1. The van der Waals surface area contributed by atoms with Crippen molar-refractivity contribution >= 4 is 50.7 Å². The highest BCUT2D eigenvalue weighted by molar-refractivity contribution is 7.92. The van der Waals surface area contributed by atoms with Crippen molar-refractivity contribution in [2.45, 2.75) is 50.9 Å². The molecule has 0 spiro atoms. The molecule has 3 aromatic rings. The van der Waals surface area contributed by atoms with E-state index in [1.807, 2.05) is 13.8 Å². The third-order valence-corrected chi connectivity index (χ3v) is 8.98. The predicted molar refractivity (Wildman–Crippen MR) is 161 cm³/mol. The van der Waals surface area contributed by atoms with E-state index in [2.05, 4.69) is 5.32 Å². The number of amides is 2. The van der Waals surface area contributed by atoms with Gasteiger partial charge in [-0.25, -0.2) is 8.42 Å². The van der Waals surface area contributed by atoms with E-state index in [1.165, 1.54) is 29.2 Å². The van der Waals surface area contributed by atoms with Crippen molar-refractivity contribution in [3.8, 4) is 0 Å². The van der Waals surface area contributed by atoms with E-state index in [0.29, 0.717) is 27.5 Å². The first-order valence-electron chi connectivity index (χ1n) is 13.4. The molecular weight excluding hydrogens is 626 g/mol. The summed E-state index contributed by atoms with van der Waals surface area (Å²) < 4.78 is 69.3. The van der Waals surface area contributed by atoms with E-state index in [-0.39, 0.29) is 28.8 Å². The second-order valence-electron chi connectivity index (χ2n) is 10.2. The molecule has 0 aliphatic heterocycles. The fourth-order valence-electron chi connectivity index (χ4n) is 4.27. The third kappa shape index (κ3) is 8.64. The number of benzene rings is 3. The minimum Gasteiger partial charge on any atom is -0.354 e. The van der Waals surface area contributed by atoms with Crippen molar-refractivity contribution in [1.82, 2.24) is 10.2 Å². The fourth-order valence-corrected chi connectivity index (χ4v) is 6.18. The summed E-state index contributed by atoms with van der Waals surface area (Å²) in [5.41, 5.74) is -1.20. The minimum atomic E-state index is -4.82. The lowest BCUT2D eigenvalue weighted by Gasteiger charge is -2.33. The largest absolute Gasteiger partial charge is 0.416 e. The van der Waals surface area contributed by atoms with Gasteiger partial charge in [-0.3, -0.25) is 13.9 Å². The second kappa shape index (κ2) is 14.5. The Hall–Kier alpha value is -3.28. The Balaban J connectivity index is 2.15. The first kappa shape index (κ1) is 34.2. The molecule has 2 amide bonds. The highest BCUT2D eigenvalue weighted by Crippen LogP contribution is 2.37. The third-order valence-electron chi connectivity index (χ3n) is 6.52. The zero-order valence-electron chi connectivity index (χ0n) is 23.7. The van der Waals surface area contributed by atoms with Gasteiger partial charge in [0.25, 0.3) is 10.0 Å². The quantitative estimate of drug-likeness (QED) is 0.232. The molecule has 0 aliphatic carbocycles. The molecule has 0 radical (unpaired) electrons. The molecule has 0 saturated heterocycles. The number of carbonyl (C=O) groups excluding carboxylic acids is 2. The van der Waals surface area contributed by atoms with Gasteiger partial charge in [-0.1, -0.05) is 80.4 Å². The number of alkyl halides is 3. The number of anilines is 1. The fraction of sp³-hybridized carbons (Fsp3) is 0.333. The minimum absolute atomic E-state index is 0.115. The molecule has 0 saturated carbocycles. The number of nitrogens with one attached hydrogen (secondary N) is 1. The van der Waals surface area contributed by atoms with Gasteiger partial charge in [0.2, 0.25) is 11.8 Å². The van der Waals surface area contributed by atoms with Crippen LogP contribution in [-0.4, -0.2) is 44.3 Å². The van der Waals surface area contributed by atoms with Gasteiger partial charge in [0.15, 0.2) is 0 Å². The van der Waals surface area contributed by atoms with Crippen molar-refractivity contribution in [1.29, 1.82) is 0 Å². The number of nitrogens with zero attached hydrogens (tertiary/aromatic N) is 2. The van der Waals surface area contributed by atoms with Crippen molar-refractivity contribution in [2.24, 2.45) is 5.92 Å². The van der Waals surface area contributed by atoms with Crippen LogP contribution in [-0.2, 0) is 32.3 Å². The van der Waals surface area contributed by atoms with Gasteiger partial charge in [0, 0.05) is 18.1 Å². The molecule has 0 heterocycles. The zero-order chi connectivity index (χ0) is 31.9. The number of hydrogen-bond acceptors (Lipinski definition) is 4. The van der Waals surface area contributed by atoms with Crippen LogP contribution in [0.25, 0.3) is 0 Å². The highest BCUT2D eigenvalue weighted by atomic mass is 35.5. The lowest BCUT2D eigenvalue weighted by Crippen LogP contribution is -2.52. The van der Waals surface area contributed by atoms with E-state index >= 15 is 0 Å². The van der Waals surface area contributed by atoms with E-state index in [1.54, 1.807) is 37.3 Å². The lowest BCUT2D eigenvalue weighted by molar-refractivity contribution is -0.140. The maximum absolute atomic E-state index is 14.1. The van der Waals surface area contributed by atoms with E-state index in [0.717, 1.165) is 12.1 Å². The number of rotatable bonds is 12. The van der Waals surface area contributed by atoms with Crippen LogP contribution in [0.3, 0.4) is 0 Å². The van der Waals surface area contributed by atoms with Gasteiger partial charge in [0.05, 0.1) is 21.2 Å². The van der Waals surface area contributed by atoms with Gasteiger partial charge in [-0.15, -0.1) is 0 Å². The molecule has 43 heavy (non-hydrogen) atoms. The molecule has 3 aromatic carbocycles. The summed E-state index contributed by atoms with van der Waals surface area (Å²) in [6, 6.07) is 14.8. The summed E-state index contributed by atoms with van der Waals surface area (Å²) in [6.45, 7) is 4.71. The van der Waals surface area contributed by atoms with E-state index in [4.69, 9.17) is 23.2 Å². The Morgan fingerprint density at radius 2 is 1.56 bits per heavy atom. The van der Waals surface area contributed by atoms with Crippen molar-refractivity contribution in [2.75, 3.05) is 17.4 Å². The summed E-state index contributed by atoms with van der Waals surface area (Å²) in [6.07, 6.45) is -4.65. The Morgan fingerprint density at radius 1 is 0.930 bits per heavy atom. The number of halogens is 5. The molecule has 0 aromatic heterocycles. The Morgan fingerprint density at radius 3 is 2.14 bits per heavy atom. The normalized spacial score (nSPS) is 12.6. The van der Waals surface area contributed by atoms with Crippen LogP contribution in [0.4, 0.5) is 18.9 Å². The standard InChI is InChI=1S/C30H32Cl2F3N3O4S/c1-4-26(29(40)36-17-20(2)3)37(18-21-10-8-9-13-24(21)31)28(39)19-38(43(41,42)23-11-6-5-7-12-23)27-16-22(30(33,34)35)14-15-25(27)32/h5-16,20,26H,4,17-19H2,1-3H3,(H,36,40). The Kier molecular flexibility index (Phi) is 11.5. The molecule has 0 fully saturated rings. The zero-order valence-corrected chi connectivity index (χ0v) is 26.1. The first-order valence-corrected chi connectivity index (χ1v) is 15.6. The van der Waals surface area contributed by atoms with Gasteiger partial charge >= 0.3 is 6.18 Å². The first-order chi connectivity index (χ1) is 20.2. The summed E-state index contributed by atoms with van der Waals surface area (Å²) >= 11 is 12.6. The molecular formula is C30H32Cl2F3N3O4S. The van der Waals surface area contributed by atoms with Crippen molar-refractivity contribution in [3.05, 3.63) is 94.0 Å². The average Bonchev–Trinajstić information content (AvgIpc) is 2.95. The average molecular weight is 659 g/mol. The van der Waals surface area contributed by atoms with Gasteiger partial charge in [0.1, 0.15) is 12.6 Å². The van der Waals surface area contributed by atoms with Crippen molar-refractivity contribution < 1.29 is 31.2 Å². The molecule has 1 N–H and O–H groups in total. The molecule has 3 rings (SSSR count). The van der Waals surface area contributed by atoms with Gasteiger partial charge < -0.3 is 10.2 Å². The molecule has 232 valence electrons. The molecule has 1 atom stereocenters. The summed E-state index contributed by atoms with van der Waals surface area (Å²) in [7, 11) is -4.62. The number of sulfonamides is 1. The van der Waals surface area contributed by atoms with Gasteiger partial charge in [-0.05, 0) is 54.3 Å². The van der Waals surface area contributed by atoms with Crippen LogP contribution in [0.15, 0.2) is 77.7 Å². The molecule has 0 aliphatic rings. The van der Waals surface area contributed by atoms with Crippen LogP contribution in [0.5, 0.6) is 0 Å². The van der Waals surface area contributed by atoms with Crippen LogP contribution >= 0.6 is 23.2 Å². The monoisotopic (exact) mass is 657 g/mol. The SMILES string of the molecule is CCC(C(=O)NCC(C)C)N(Cc1ccccc1Cl)C(=O)CN(c1cc(C(F)(F)F)ccc1Cl)S(=O)(=O)c1ccccc1. The van der Waals surface area contributed by atoms with E-state index < -0.39 is 51.9 Å². The lowest BCUT2D eigenvalue weighted by atomic mass is 10.1. The van der Waals surface area contributed by atoms with Crippen molar-refractivity contribution in [3.63, 3.8) is 0 Å². The molecule has 1 unspecified atom stereocenters. The van der Waals surface area contributed by atoms with Crippen LogP contribution in [0, 0.1) is 5.92 Å².